The molecule has 98 valence electrons. The highest BCUT2D eigenvalue weighted by atomic mass is 32.1. The van der Waals surface area contributed by atoms with E-state index in [4.69, 9.17) is 5.73 Å². The van der Waals surface area contributed by atoms with Crippen LogP contribution >= 0.6 is 11.3 Å². The Balaban J connectivity index is 1.95. The minimum absolute atomic E-state index is 0.0345. The Morgan fingerprint density at radius 1 is 1.05 bits per heavy atom. The average molecular weight is 281 g/mol. The van der Waals surface area contributed by atoms with Gasteiger partial charge in [-0.15, -0.1) is 0 Å². The third-order valence-corrected chi connectivity index (χ3v) is 3.98. The first-order chi connectivity index (χ1) is 9.75. The first-order valence-corrected chi connectivity index (χ1v) is 7.03. The molecule has 0 bridgehead atoms. The maximum atomic E-state index is 12.0. The number of carbonyl (C=O) groups is 1. The van der Waals surface area contributed by atoms with Gasteiger partial charge in [0.25, 0.3) is 0 Å². The van der Waals surface area contributed by atoms with E-state index in [9.17, 15) is 4.79 Å². The average Bonchev–Trinajstić information content (AvgIpc) is 2.81. The summed E-state index contributed by atoms with van der Waals surface area (Å²) in [7, 11) is 0. The van der Waals surface area contributed by atoms with Crippen LogP contribution in [0.15, 0.2) is 60.7 Å². The number of nitrogens with zero attached hydrogens (tertiary/aromatic N) is 1. The molecule has 0 saturated heterocycles. The van der Waals surface area contributed by atoms with Gasteiger partial charge in [0.1, 0.15) is 6.20 Å². The van der Waals surface area contributed by atoms with Crippen LogP contribution in [0.5, 0.6) is 0 Å². The molecule has 0 fully saturated rings. The Morgan fingerprint density at radius 3 is 2.55 bits per heavy atom. The van der Waals surface area contributed by atoms with Gasteiger partial charge < -0.3 is 0 Å². The Kier molecular flexibility index (Phi) is 3.31. The van der Waals surface area contributed by atoms with E-state index < -0.39 is 0 Å². The van der Waals surface area contributed by atoms with Crippen molar-refractivity contribution in [3.05, 3.63) is 66.2 Å². The number of allylic oxidation sites excluding steroid dienone is 1. The van der Waals surface area contributed by atoms with E-state index in [2.05, 4.69) is 0 Å². The molecule has 2 aromatic carbocycles. The molecule has 1 heterocycles. The highest BCUT2D eigenvalue weighted by Crippen LogP contribution is 2.21. The number of rotatable bonds is 3. The molecule has 0 amide bonds. The van der Waals surface area contributed by atoms with Gasteiger partial charge in [0.05, 0.1) is 4.70 Å². The van der Waals surface area contributed by atoms with Crippen molar-refractivity contribution in [1.82, 2.24) is 0 Å². The third-order valence-electron chi connectivity index (χ3n) is 3.01. The molecule has 2 N–H and O–H groups in total. The minimum Gasteiger partial charge on any atom is -0.289 e. The van der Waals surface area contributed by atoms with E-state index in [1.807, 2.05) is 47.0 Å². The SMILES string of the molecule is Nc1sc2ccccc2[n+]1/C=C/C(=O)c1ccccc1. The highest BCUT2D eigenvalue weighted by Gasteiger charge is 2.12. The number of nitrogens with two attached hydrogens (primary N) is 1. The van der Waals surface area contributed by atoms with Crippen molar-refractivity contribution in [3.63, 3.8) is 0 Å². The zero-order valence-corrected chi connectivity index (χ0v) is 11.5. The second-order valence-corrected chi connectivity index (χ2v) is 5.39. The van der Waals surface area contributed by atoms with Gasteiger partial charge in [-0.1, -0.05) is 42.5 Å². The molecule has 0 atom stereocenters. The van der Waals surface area contributed by atoms with Crippen LogP contribution in [-0.2, 0) is 0 Å². The van der Waals surface area contributed by atoms with Gasteiger partial charge in [-0.05, 0) is 23.5 Å². The zero-order valence-electron chi connectivity index (χ0n) is 10.7. The van der Waals surface area contributed by atoms with Crippen molar-refractivity contribution >= 4 is 38.7 Å². The van der Waals surface area contributed by atoms with Crippen LogP contribution in [0.3, 0.4) is 0 Å². The maximum absolute atomic E-state index is 12.0. The van der Waals surface area contributed by atoms with Crippen LogP contribution in [0.1, 0.15) is 10.4 Å². The molecule has 3 nitrogen and oxygen atoms in total. The fourth-order valence-corrected chi connectivity index (χ4v) is 2.92. The van der Waals surface area contributed by atoms with Crippen LogP contribution in [-0.4, -0.2) is 5.78 Å². The molecule has 0 aliphatic heterocycles. The Morgan fingerprint density at radius 2 is 1.75 bits per heavy atom. The van der Waals surface area contributed by atoms with E-state index in [-0.39, 0.29) is 5.78 Å². The standard InChI is InChI=1S/C16H12N2OS/c17-16-18(13-8-4-5-9-15(13)20-16)11-10-14(19)12-6-2-1-3-7-12/h1-11,17H/p+1/b11-10+. The normalized spacial score (nSPS) is 11.2. The largest absolute Gasteiger partial charge is 0.337 e. The minimum atomic E-state index is -0.0345. The number of ketones is 1. The quantitative estimate of drug-likeness (QED) is 0.455. The molecular weight excluding hydrogens is 268 g/mol. The number of benzene rings is 2. The van der Waals surface area contributed by atoms with Crippen LogP contribution in [0, 0.1) is 0 Å². The lowest BCUT2D eigenvalue weighted by atomic mass is 10.1. The summed E-state index contributed by atoms with van der Waals surface area (Å²) in [5.74, 6) is -0.0345. The summed E-state index contributed by atoms with van der Waals surface area (Å²) in [5, 5.41) is 0.656. The van der Waals surface area contributed by atoms with Gasteiger partial charge in [-0.25, -0.2) is 0 Å². The lowest BCUT2D eigenvalue weighted by Crippen LogP contribution is -2.27. The van der Waals surface area contributed by atoms with Crippen molar-refractivity contribution in [2.45, 2.75) is 0 Å². The topological polar surface area (TPSA) is 47.0 Å². The van der Waals surface area contributed by atoms with Crippen molar-refractivity contribution in [2.75, 3.05) is 5.73 Å². The lowest BCUT2D eigenvalue weighted by Gasteiger charge is -1.94. The molecule has 3 rings (SSSR count). The van der Waals surface area contributed by atoms with Crippen LogP contribution < -0.4 is 10.3 Å². The highest BCUT2D eigenvalue weighted by molar-refractivity contribution is 7.21. The molecule has 0 aliphatic rings. The smallest absolute Gasteiger partial charge is 0.289 e. The van der Waals surface area contributed by atoms with Crippen LogP contribution in [0.25, 0.3) is 16.4 Å². The Bertz CT molecular complexity index is 791. The Labute approximate surface area is 120 Å². The summed E-state index contributed by atoms with van der Waals surface area (Å²) in [5.41, 5.74) is 7.67. The number of anilines is 1. The number of para-hydroxylation sites is 1. The molecule has 0 unspecified atom stereocenters. The molecule has 3 aromatic rings. The van der Waals surface area contributed by atoms with Gasteiger partial charge in [0.15, 0.2) is 11.3 Å². The van der Waals surface area contributed by atoms with Crippen molar-refractivity contribution < 1.29 is 9.36 Å². The predicted molar refractivity (Wildman–Crippen MR) is 82.5 cm³/mol. The van der Waals surface area contributed by atoms with Gasteiger partial charge in [0, 0.05) is 11.6 Å². The number of hydrogen-bond donors (Lipinski definition) is 1. The summed E-state index contributed by atoms with van der Waals surface area (Å²) in [6.45, 7) is 0. The van der Waals surface area contributed by atoms with Crippen molar-refractivity contribution in [2.24, 2.45) is 0 Å². The van der Waals surface area contributed by atoms with E-state index >= 15 is 0 Å². The van der Waals surface area contributed by atoms with Crippen molar-refractivity contribution in [3.8, 4) is 0 Å². The Hall–Kier alpha value is -2.46. The second-order valence-electron chi connectivity index (χ2n) is 4.32. The van der Waals surface area contributed by atoms with E-state index in [0.29, 0.717) is 10.7 Å². The van der Waals surface area contributed by atoms with Crippen LogP contribution in [0.2, 0.25) is 0 Å². The molecule has 0 saturated carbocycles. The first-order valence-electron chi connectivity index (χ1n) is 6.22. The molecule has 0 spiro atoms. The number of carbonyl (C=O) groups excluding carboxylic acids is 1. The molecule has 0 aliphatic carbocycles. The van der Waals surface area contributed by atoms with Gasteiger partial charge >= 0.3 is 5.13 Å². The summed E-state index contributed by atoms with van der Waals surface area (Å²) < 4.78 is 2.93. The fraction of sp³-hybridized carbons (Fsp3) is 0. The van der Waals surface area contributed by atoms with Crippen molar-refractivity contribution in [1.29, 1.82) is 0 Å². The molecule has 1 aromatic heterocycles. The van der Waals surface area contributed by atoms with Gasteiger partial charge in [-0.3, -0.25) is 10.5 Å². The predicted octanol–water partition coefficient (Wildman–Crippen LogP) is 3.12. The number of aromatic nitrogens is 1. The third kappa shape index (κ3) is 2.33. The summed E-state index contributed by atoms with van der Waals surface area (Å²) in [6, 6.07) is 17.1. The van der Waals surface area contributed by atoms with E-state index in [0.717, 1.165) is 10.2 Å². The zero-order chi connectivity index (χ0) is 13.9. The van der Waals surface area contributed by atoms with Gasteiger partial charge in [0.2, 0.25) is 0 Å². The summed E-state index contributed by atoms with van der Waals surface area (Å²) >= 11 is 1.50. The van der Waals surface area contributed by atoms with E-state index in [1.54, 1.807) is 24.4 Å². The summed E-state index contributed by atoms with van der Waals surface area (Å²) in [6.07, 6.45) is 3.27. The molecular formula is C16H13N2OS+. The van der Waals surface area contributed by atoms with E-state index in [1.165, 1.54) is 11.3 Å². The number of hydrogen-bond acceptors (Lipinski definition) is 3. The second kappa shape index (κ2) is 5.27. The van der Waals surface area contributed by atoms with Gasteiger partial charge in [-0.2, -0.15) is 4.57 Å². The molecule has 0 radical (unpaired) electrons. The molecule has 4 heteroatoms. The van der Waals surface area contributed by atoms with Crippen LogP contribution in [0.4, 0.5) is 5.13 Å². The maximum Gasteiger partial charge on any atom is 0.337 e. The fourth-order valence-electron chi connectivity index (χ4n) is 2.02. The number of nitrogen functional groups attached to an aromatic ring is 1. The number of thiazole rings is 1. The monoisotopic (exact) mass is 281 g/mol. The number of fused-ring (bicyclic) bond motifs is 1. The summed E-state index contributed by atoms with van der Waals surface area (Å²) in [4.78, 5) is 12.0. The molecule has 20 heavy (non-hydrogen) atoms. The first kappa shape index (κ1) is 12.6. The lowest BCUT2D eigenvalue weighted by molar-refractivity contribution is -0.518.